The SMILES string of the molecule is C=C[C@H]1C[C@@H](N2CCCC3(COc4nc(N5CCC[C@@](C)(O)C5)c5cnc(-c6cc(O)cc7ccc(F)c(CC)c67)c(F)c5n4)CCCC23)C[C@@H](C)O1. The monoisotopic (exact) mass is 727 g/mol. The quantitative estimate of drug-likeness (QED) is 0.176. The van der Waals surface area contributed by atoms with Crippen molar-refractivity contribution in [2.24, 2.45) is 5.41 Å². The van der Waals surface area contributed by atoms with Crippen LogP contribution in [0.3, 0.4) is 0 Å². The van der Waals surface area contributed by atoms with Crippen molar-refractivity contribution in [1.82, 2.24) is 19.9 Å². The largest absolute Gasteiger partial charge is 0.508 e. The van der Waals surface area contributed by atoms with Crippen LogP contribution in [0.2, 0.25) is 0 Å². The van der Waals surface area contributed by atoms with Crippen LogP contribution in [0.25, 0.3) is 32.9 Å². The normalized spacial score (nSPS) is 29.4. The zero-order chi connectivity index (χ0) is 37.1. The van der Waals surface area contributed by atoms with Gasteiger partial charge in [-0.25, -0.2) is 8.78 Å². The zero-order valence-electron chi connectivity index (χ0n) is 31.1. The van der Waals surface area contributed by atoms with E-state index in [4.69, 9.17) is 19.4 Å². The van der Waals surface area contributed by atoms with E-state index in [9.17, 15) is 10.2 Å². The topological polar surface area (TPSA) is 104 Å². The number of β-amino-alcohol motifs (C(OH)–C–C–N with tert-alkyl or cyclic N) is 1. The Morgan fingerprint density at radius 3 is 2.70 bits per heavy atom. The fourth-order valence-corrected chi connectivity index (χ4v) is 10.1. The summed E-state index contributed by atoms with van der Waals surface area (Å²) in [6.07, 6.45) is 12.7. The first kappa shape index (κ1) is 36.1. The second kappa shape index (κ2) is 14.0. The average molecular weight is 728 g/mol. The van der Waals surface area contributed by atoms with Crippen molar-refractivity contribution in [1.29, 1.82) is 0 Å². The number of halogens is 2. The fraction of sp³-hybridized carbons (Fsp3) is 0.548. The third-order valence-corrected chi connectivity index (χ3v) is 12.5. The fourth-order valence-electron chi connectivity index (χ4n) is 10.1. The number of phenolic OH excluding ortho intramolecular Hbond substituents is 1. The van der Waals surface area contributed by atoms with E-state index in [1.165, 1.54) is 12.1 Å². The molecule has 2 unspecified atom stereocenters. The zero-order valence-corrected chi connectivity index (χ0v) is 31.1. The summed E-state index contributed by atoms with van der Waals surface area (Å²) in [5.74, 6) is -0.721. The molecule has 0 radical (unpaired) electrons. The first-order valence-corrected chi connectivity index (χ1v) is 19.4. The number of anilines is 1. The number of likely N-dealkylation sites (tertiary alicyclic amines) is 1. The van der Waals surface area contributed by atoms with Crippen molar-refractivity contribution in [3.05, 3.63) is 60.3 Å². The molecule has 11 heteroatoms. The lowest BCUT2D eigenvalue weighted by molar-refractivity contribution is -0.0888. The Morgan fingerprint density at radius 1 is 1.09 bits per heavy atom. The number of ether oxygens (including phenoxy) is 2. The molecule has 4 aromatic rings. The lowest BCUT2D eigenvalue weighted by Gasteiger charge is -2.51. The van der Waals surface area contributed by atoms with Gasteiger partial charge in [0.1, 0.15) is 28.6 Å². The van der Waals surface area contributed by atoms with Gasteiger partial charge in [0.2, 0.25) is 0 Å². The van der Waals surface area contributed by atoms with Crippen LogP contribution in [-0.2, 0) is 11.2 Å². The van der Waals surface area contributed by atoms with Crippen LogP contribution in [-0.4, -0.2) is 86.2 Å². The number of rotatable bonds is 8. The number of aliphatic hydroxyl groups is 1. The first-order chi connectivity index (χ1) is 25.5. The molecular formula is C42H51F2N5O4. The molecule has 4 fully saturated rings. The van der Waals surface area contributed by atoms with Gasteiger partial charge in [-0.2, -0.15) is 9.97 Å². The molecule has 0 spiro atoms. The van der Waals surface area contributed by atoms with Crippen molar-refractivity contribution in [3.63, 3.8) is 0 Å². The smallest absolute Gasteiger partial charge is 0.319 e. The molecular weight excluding hydrogens is 676 g/mol. The van der Waals surface area contributed by atoms with E-state index < -0.39 is 17.2 Å². The van der Waals surface area contributed by atoms with Gasteiger partial charge in [0.25, 0.3) is 0 Å². The van der Waals surface area contributed by atoms with Gasteiger partial charge in [-0.3, -0.25) is 9.88 Å². The van der Waals surface area contributed by atoms with E-state index in [0.717, 1.165) is 57.9 Å². The van der Waals surface area contributed by atoms with E-state index in [1.807, 2.05) is 17.9 Å². The molecule has 0 bridgehead atoms. The predicted molar refractivity (Wildman–Crippen MR) is 202 cm³/mol. The number of aryl methyl sites for hydroxylation is 1. The predicted octanol–water partition coefficient (Wildman–Crippen LogP) is 7.88. The molecule has 2 aromatic carbocycles. The average Bonchev–Trinajstić information content (AvgIpc) is 3.58. The summed E-state index contributed by atoms with van der Waals surface area (Å²) < 4.78 is 45.0. The Balaban J connectivity index is 1.19. The Morgan fingerprint density at radius 2 is 1.91 bits per heavy atom. The number of fused-ring (bicyclic) bond motifs is 3. The second-order valence-electron chi connectivity index (χ2n) is 16.3. The minimum atomic E-state index is -0.947. The lowest BCUT2D eigenvalue weighted by Crippen LogP contribution is -2.57. The van der Waals surface area contributed by atoms with Crippen molar-refractivity contribution in [3.8, 4) is 23.0 Å². The highest BCUT2D eigenvalue weighted by molar-refractivity contribution is 6.01. The number of phenols is 1. The van der Waals surface area contributed by atoms with E-state index in [0.29, 0.717) is 72.2 Å². The van der Waals surface area contributed by atoms with Gasteiger partial charge >= 0.3 is 6.01 Å². The lowest BCUT2D eigenvalue weighted by atomic mass is 9.74. The molecule has 6 atom stereocenters. The van der Waals surface area contributed by atoms with Gasteiger partial charge in [0.15, 0.2) is 5.82 Å². The first-order valence-electron chi connectivity index (χ1n) is 19.4. The molecule has 1 saturated carbocycles. The molecule has 4 aliphatic rings. The summed E-state index contributed by atoms with van der Waals surface area (Å²) in [5.41, 5.74) is -0.333. The van der Waals surface area contributed by atoms with E-state index in [2.05, 4.69) is 23.4 Å². The molecule has 3 aliphatic heterocycles. The Labute approximate surface area is 310 Å². The van der Waals surface area contributed by atoms with Gasteiger partial charge in [-0.1, -0.05) is 25.5 Å². The number of aromatic hydroxyl groups is 1. The number of piperidine rings is 2. The number of aromatic nitrogens is 3. The Bertz CT molecular complexity index is 2040. The number of benzene rings is 2. The van der Waals surface area contributed by atoms with Gasteiger partial charge in [-0.15, -0.1) is 6.58 Å². The Hall–Kier alpha value is -3.93. The van der Waals surface area contributed by atoms with Crippen molar-refractivity contribution in [2.45, 2.75) is 115 Å². The number of hydrogen-bond acceptors (Lipinski definition) is 9. The number of hydrogen-bond donors (Lipinski definition) is 2. The molecule has 0 amide bonds. The molecule has 3 saturated heterocycles. The van der Waals surface area contributed by atoms with Gasteiger partial charge < -0.3 is 24.6 Å². The molecule has 282 valence electrons. The van der Waals surface area contributed by atoms with Gasteiger partial charge in [-0.05, 0) is 113 Å². The highest BCUT2D eigenvalue weighted by Gasteiger charge is 2.51. The van der Waals surface area contributed by atoms with Crippen LogP contribution in [0, 0.1) is 17.0 Å². The molecule has 5 heterocycles. The minimum absolute atomic E-state index is 0.0311. The van der Waals surface area contributed by atoms with E-state index in [-0.39, 0.29) is 46.2 Å². The Kier molecular flexibility index (Phi) is 9.56. The second-order valence-corrected chi connectivity index (χ2v) is 16.3. The standard InChI is InChI=1S/C42H51F2N5O4/c1-5-29-20-27(18-25(3)53-29)49-17-9-15-42(14-7-10-34(42)49)24-52-40-46-38-32(39(47-40)48-16-8-13-41(4,51)23-48)22-45-37(36(38)44)31-21-28(50)19-26-11-12-33(43)30(6-2)35(26)31/h5,11-12,19,21-22,25,27,29,34,50-51H,1,6-10,13-18,20,23-24H2,2-4H3/t25-,27+,29+,34?,41-,42?/m1/s1. The van der Waals surface area contributed by atoms with Crippen LogP contribution in [0.4, 0.5) is 14.6 Å². The van der Waals surface area contributed by atoms with Crippen molar-refractivity contribution < 1.29 is 28.5 Å². The summed E-state index contributed by atoms with van der Waals surface area (Å²) in [6.45, 7) is 12.2. The van der Waals surface area contributed by atoms with Crippen molar-refractivity contribution >= 4 is 27.5 Å². The third-order valence-electron chi connectivity index (χ3n) is 12.5. The van der Waals surface area contributed by atoms with Crippen LogP contribution < -0.4 is 9.64 Å². The third kappa shape index (κ3) is 6.63. The molecule has 9 nitrogen and oxygen atoms in total. The maximum Gasteiger partial charge on any atom is 0.319 e. The highest BCUT2D eigenvalue weighted by Crippen LogP contribution is 2.50. The van der Waals surface area contributed by atoms with E-state index in [1.54, 1.807) is 25.3 Å². The van der Waals surface area contributed by atoms with Crippen molar-refractivity contribution in [2.75, 3.05) is 31.1 Å². The number of nitrogens with zero attached hydrogens (tertiary/aromatic N) is 5. The maximum atomic E-state index is 17.1. The molecule has 2 N–H and O–H groups in total. The number of pyridine rings is 1. The summed E-state index contributed by atoms with van der Waals surface area (Å²) >= 11 is 0. The highest BCUT2D eigenvalue weighted by atomic mass is 19.1. The van der Waals surface area contributed by atoms with Crippen LogP contribution in [0.1, 0.15) is 84.1 Å². The summed E-state index contributed by atoms with van der Waals surface area (Å²) in [4.78, 5) is 18.9. The van der Waals surface area contributed by atoms with Gasteiger partial charge in [0, 0.05) is 42.3 Å². The van der Waals surface area contributed by atoms with Crippen LogP contribution in [0.5, 0.6) is 11.8 Å². The van der Waals surface area contributed by atoms with Crippen LogP contribution in [0.15, 0.2) is 43.1 Å². The summed E-state index contributed by atoms with van der Waals surface area (Å²) in [7, 11) is 0. The van der Waals surface area contributed by atoms with E-state index >= 15 is 8.78 Å². The molecule has 8 rings (SSSR count). The molecule has 2 aromatic heterocycles. The minimum Gasteiger partial charge on any atom is -0.508 e. The maximum absolute atomic E-state index is 17.1. The van der Waals surface area contributed by atoms with Gasteiger partial charge in [0.05, 0.1) is 29.8 Å². The van der Waals surface area contributed by atoms with Crippen LogP contribution >= 0.6 is 0 Å². The molecule has 1 aliphatic carbocycles. The summed E-state index contributed by atoms with van der Waals surface area (Å²) in [6, 6.07) is 6.79. The summed E-state index contributed by atoms with van der Waals surface area (Å²) in [5, 5.41) is 23.2. The molecule has 53 heavy (non-hydrogen) atoms.